The maximum Gasteiger partial charge on any atom is 0.195 e. The average Bonchev–Trinajstić information content (AvgIpc) is 2.88. The Kier molecular flexibility index (Phi) is 4.79. The normalized spacial score (nSPS) is 10.2. The molecule has 4 nitrogen and oxygen atoms in total. The fraction of sp³-hybridized carbons (Fsp3) is 0.308. The molecule has 0 spiro atoms. The van der Waals surface area contributed by atoms with Crippen molar-refractivity contribution in [1.29, 1.82) is 5.26 Å². The van der Waals surface area contributed by atoms with Crippen LogP contribution in [0.3, 0.4) is 0 Å². The number of thioether (sulfide) groups is 1. The molecule has 1 aromatic carbocycles. The van der Waals surface area contributed by atoms with Crippen LogP contribution >= 0.6 is 11.8 Å². The molecular weight excluding hydrogens is 244 g/mol. The van der Waals surface area contributed by atoms with Crippen molar-refractivity contribution in [2.24, 2.45) is 0 Å². The van der Waals surface area contributed by atoms with Crippen molar-refractivity contribution in [3.63, 3.8) is 0 Å². The first-order valence-corrected chi connectivity index (χ1v) is 6.85. The highest BCUT2D eigenvalue weighted by atomic mass is 32.2. The van der Waals surface area contributed by atoms with Gasteiger partial charge in [0, 0.05) is 17.9 Å². The number of aromatic nitrogens is 3. The van der Waals surface area contributed by atoms with Crippen LogP contribution in [0.2, 0.25) is 0 Å². The molecule has 18 heavy (non-hydrogen) atoms. The summed E-state index contributed by atoms with van der Waals surface area (Å²) < 4.78 is 1.98. The standard InChI is InChI=1S/C13H14N4S/c14-9-5-2-6-10-18-13-16-15-11-17(13)12-7-3-1-4-8-12/h1,3-4,7-8,11H,2,5-6,10H2. The van der Waals surface area contributed by atoms with Crippen LogP contribution in [0.5, 0.6) is 0 Å². The number of unbranched alkanes of at least 4 members (excludes halogenated alkanes) is 2. The Hall–Kier alpha value is -1.80. The molecule has 92 valence electrons. The zero-order valence-corrected chi connectivity index (χ0v) is 10.8. The minimum atomic E-state index is 0.631. The van der Waals surface area contributed by atoms with E-state index in [4.69, 9.17) is 5.26 Å². The Labute approximate surface area is 111 Å². The average molecular weight is 258 g/mol. The fourth-order valence-electron chi connectivity index (χ4n) is 1.56. The lowest BCUT2D eigenvalue weighted by molar-refractivity contribution is 0.822. The molecule has 0 aliphatic carbocycles. The van der Waals surface area contributed by atoms with Crippen molar-refractivity contribution in [3.8, 4) is 11.8 Å². The molecule has 0 amide bonds. The minimum absolute atomic E-state index is 0.631. The van der Waals surface area contributed by atoms with Crippen LogP contribution in [0.4, 0.5) is 0 Å². The van der Waals surface area contributed by atoms with Crippen molar-refractivity contribution in [1.82, 2.24) is 14.8 Å². The number of benzene rings is 1. The molecule has 5 heteroatoms. The predicted octanol–water partition coefficient (Wildman–Crippen LogP) is 3.05. The van der Waals surface area contributed by atoms with Gasteiger partial charge in [0.15, 0.2) is 5.16 Å². The second-order valence-corrected chi connectivity index (χ2v) is 4.84. The number of hydrogen-bond acceptors (Lipinski definition) is 4. The Morgan fingerprint density at radius 1 is 1.22 bits per heavy atom. The van der Waals surface area contributed by atoms with Gasteiger partial charge in [0.1, 0.15) is 6.33 Å². The van der Waals surface area contributed by atoms with Gasteiger partial charge in [-0.15, -0.1) is 10.2 Å². The van der Waals surface area contributed by atoms with E-state index in [-0.39, 0.29) is 0 Å². The summed E-state index contributed by atoms with van der Waals surface area (Å²) in [5, 5.41) is 17.4. The monoisotopic (exact) mass is 258 g/mol. The van der Waals surface area contributed by atoms with Crippen LogP contribution in [-0.4, -0.2) is 20.5 Å². The highest BCUT2D eigenvalue weighted by Gasteiger charge is 2.05. The minimum Gasteiger partial charge on any atom is -0.277 e. The summed E-state index contributed by atoms with van der Waals surface area (Å²) in [6.45, 7) is 0. The van der Waals surface area contributed by atoms with Gasteiger partial charge in [0.05, 0.1) is 6.07 Å². The highest BCUT2D eigenvalue weighted by molar-refractivity contribution is 7.99. The van der Waals surface area contributed by atoms with Gasteiger partial charge in [-0.1, -0.05) is 30.0 Å². The summed E-state index contributed by atoms with van der Waals surface area (Å²) in [7, 11) is 0. The maximum atomic E-state index is 8.46. The van der Waals surface area contributed by atoms with Crippen LogP contribution in [0, 0.1) is 11.3 Å². The molecule has 0 bridgehead atoms. The van der Waals surface area contributed by atoms with Crippen LogP contribution < -0.4 is 0 Å². The number of hydrogen-bond donors (Lipinski definition) is 0. The lowest BCUT2D eigenvalue weighted by Gasteiger charge is -2.05. The second-order valence-electron chi connectivity index (χ2n) is 3.78. The largest absolute Gasteiger partial charge is 0.277 e. The molecule has 0 aliphatic rings. The van der Waals surface area contributed by atoms with E-state index >= 15 is 0 Å². The maximum absolute atomic E-state index is 8.46. The summed E-state index contributed by atoms with van der Waals surface area (Å²) in [5.74, 6) is 0.965. The smallest absolute Gasteiger partial charge is 0.195 e. The van der Waals surface area contributed by atoms with Crippen LogP contribution in [0.25, 0.3) is 5.69 Å². The summed E-state index contributed by atoms with van der Waals surface area (Å²) in [5.41, 5.74) is 1.07. The number of nitriles is 1. The summed E-state index contributed by atoms with van der Waals surface area (Å²) in [6, 6.07) is 12.2. The third-order valence-electron chi connectivity index (χ3n) is 2.46. The molecule has 0 saturated heterocycles. The molecule has 1 heterocycles. The summed E-state index contributed by atoms with van der Waals surface area (Å²) in [4.78, 5) is 0. The van der Waals surface area contributed by atoms with E-state index in [2.05, 4.69) is 16.3 Å². The Balaban J connectivity index is 1.95. The lowest BCUT2D eigenvalue weighted by atomic mass is 10.3. The van der Waals surface area contributed by atoms with Gasteiger partial charge in [-0.2, -0.15) is 5.26 Å². The molecule has 0 aliphatic heterocycles. The molecule has 0 unspecified atom stereocenters. The highest BCUT2D eigenvalue weighted by Crippen LogP contribution is 2.20. The van der Waals surface area contributed by atoms with E-state index in [9.17, 15) is 0 Å². The molecule has 0 N–H and O–H groups in total. The van der Waals surface area contributed by atoms with Crippen molar-refractivity contribution in [2.45, 2.75) is 24.4 Å². The zero-order valence-electron chi connectivity index (χ0n) is 9.99. The van der Waals surface area contributed by atoms with Gasteiger partial charge >= 0.3 is 0 Å². The number of nitrogens with zero attached hydrogens (tertiary/aromatic N) is 4. The van der Waals surface area contributed by atoms with E-state index < -0.39 is 0 Å². The zero-order chi connectivity index (χ0) is 12.6. The number of rotatable bonds is 6. The molecule has 1 aromatic heterocycles. The SMILES string of the molecule is N#CCCCCSc1nncn1-c1ccccc1. The molecule has 0 atom stereocenters. The number of para-hydroxylation sites is 1. The van der Waals surface area contributed by atoms with Crippen molar-refractivity contribution in [3.05, 3.63) is 36.7 Å². The Morgan fingerprint density at radius 3 is 2.83 bits per heavy atom. The van der Waals surface area contributed by atoms with Gasteiger partial charge in [-0.25, -0.2) is 0 Å². The molecule has 0 saturated carbocycles. The first-order chi connectivity index (χ1) is 8.92. The van der Waals surface area contributed by atoms with Gasteiger partial charge < -0.3 is 0 Å². The van der Waals surface area contributed by atoms with E-state index in [1.165, 1.54) is 0 Å². The third kappa shape index (κ3) is 3.34. The van der Waals surface area contributed by atoms with Crippen LogP contribution in [-0.2, 0) is 0 Å². The van der Waals surface area contributed by atoms with E-state index in [1.54, 1.807) is 18.1 Å². The van der Waals surface area contributed by atoms with Gasteiger partial charge in [0.2, 0.25) is 0 Å². The molecule has 2 rings (SSSR count). The predicted molar refractivity (Wildman–Crippen MR) is 71.5 cm³/mol. The Morgan fingerprint density at radius 2 is 2.06 bits per heavy atom. The van der Waals surface area contributed by atoms with E-state index in [0.717, 1.165) is 29.4 Å². The van der Waals surface area contributed by atoms with Crippen LogP contribution in [0.15, 0.2) is 41.8 Å². The summed E-state index contributed by atoms with van der Waals surface area (Å²) in [6.07, 6.45) is 4.34. The van der Waals surface area contributed by atoms with Gasteiger partial charge in [-0.05, 0) is 25.0 Å². The first kappa shape index (κ1) is 12.7. The quantitative estimate of drug-likeness (QED) is 0.590. The topological polar surface area (TPSA) is 54.5 Å². The first-order valence-electron chi connectivity index (χ1n) is 5.87. The van der Waals surface area contributed by atoms with Gasteiger partial charge in [-0.3, -0.25) is 4.57 Å². The molecule has 0 radical (unpaired) electrons. The fourth-order valence-corrected chi connectivity index (χ4v) is 2.49. The van der Waals surface area contributed by atoms with Crippen molar-refractivity contribution in [2.75, 3.05) is 5.75 Å². The van der Waals surface area contributed by atoms with Crippen LogP contribution in [0.1, 0.15) is 19.3 Å². The molecular formula is C13H14N4S. The lowest BCUT2D eigenvalue weighted by Crippen LogP contribution is -1.95. The van der Waals surface area contributed by atoms with E-state index in [0.29, 0.717) is 6.42 Å². The Bertz CT molecular complexity index is 515. The third-order valence-corrected chi connectivity index (χ3v) is 3.49. The molecule has 2 aromatic rings. The van der Waals surface area contributed by atoms with Crippen molar-refractivity contribution < 1.29 is 0 Å². The summed E-state index contributed by atoms with van der Waals surface area (Å²) >= 11 is 1.68. The molecule has 0 fully saturated rings. The second kappa shape index (κ2) is 6.82. The van der Waals surface area contributed by atoms with Gasteiger partial charge in [0.25, 0.3) is 0 Å². The van der Waals surface area contributed by atoms with Crippen molar-refractivity contribution >= 4 is 11.8 Å². The van der Waals surface area contributed by atoms with E-state index in [1.807, 2.05) is 34.9 Å².